The number of nitrogens with two attached hydrogens (primary N) is 1. The Morgan fingerprint density at radius 2 is 2.09 bits per heavy atom. The minimum absolute atomic E-state index is 0.0216. The fraction of sp³-hybridized carbons (Fsp3) is 0.944. The van der Waals surface area contributed by atoms with Crippen molar-refractivity contribution in [3.05, 3.63) is 0 Å². The molecule has 2 bridgehead atoms. The number of hydrogen-bond acceptors (Lipinski definition) is 3. The summed E-state index contributed by atoms with van der Waals surface area (Å²) in [5, 5.41) is 1.99. The molecule has 0 spiro atoms. The van der Waals surface area contributed by atoms with E-state index in [0.29, 0.717) is 23.5 Å². The SMILES string of the molecule is CCC(C)OC(=O)C[NH2+]CCOC1CC2CCC1(C)C2(C)C. The van der Waals surface area contributed by atoms with Crippen LogP contribution < -0.4 is 5.32 Å². The second kappa shape index (κ2) is 6.88. The lowest BCUT2D eigenvalue weighted by Gasteiger charge is -2.38. The summed E-state index contributed by atoms with van der Waals surface area (Å²) in [5.74, 6) is 0.694. The van der Waals surface area contributed by atoms with Crippen molar-refractivity contribution in [1.29, 1.82) is 0 Å². The minimum Gasteiger partial charge on any atom is -0.459 e. The Kier molecular flexibility index (Phi) is 5.54. The molecule has 2 rings (SSSR count). The number of ether oxygens (including phenoxy) is 2. The van der Waals surface area contributed by atoms with E-state index in [9.17, 15) is 4.79 Å². The van der Waals surface area contributed by atoms with Crippen LogP contribution in [-0.2, 0) is 14.3 Å². The first-order chi connectivity index (χ1) is 10.3. The Hall–Kier alpha value is -0.610. The van der Waals surface area contributed by atoms with Crippen molar-refractivity contribution in [3.8, 4) is 0 Å². The zero-order valence-electron chi connectivity index (χ0n) is 15.0. The van der Waals surface area contributed by atoms with Gasteiger partial charge < -0.3 is 14.8 Å². The largest absolute Gasteiger partial charge is 0.459 e. The molecule has 2 N–H and O–H groups in total. The molecule has 128 valence electrons. The van der Waals surface area contributed by atoms with Crippen molar-refractivity contribution in [1.82, 2.24) is 0 Å². The zero-order chi connectivity index (χ0) is 16.4. The highest BCUT2D eigenvalue weighted by Crippen LogP contribution is 2.66. The Balaban J connectivity index is 1.63. The molecular weight excluding hydrogens is 278 g/mol. The summed E-state index contributed by atoms with van der Waals surface area (Å²) in [6, 6.07) is 0. The van der Waals surface area contributed by atoms with E-state index >= 15 is 0 Å². The van der Waals surface area contributed by atoms with E-state index in [1.54, 1.807) is 0 Å². The number of hydrogen-bond donors (Lipinski definition) is 1. The molecule has 2 aliphatic carbocycles. The van der Waals surface area contributed by atoms with E-state index in [2.05, 4.69) is 20.8 Å². The molecule has 4 heteroatoms. The van der Waals surface area contributed by atoms with Gasteiger partial charge in [0.15, 0.2) is 6.54 Å². The summed E-state index contributed by atoms with van der Waals surface area (Å²) < 4.78 is 11.4. The molecule has 0 aliphatic heterocycles. The highest BCUT2D eigenvalue weighted by molar-refractivity contribution is 5.70. The van der Waals surface area contributed by atoms with Crippen LogP contribution in [0.25, 0.3) is 0 Å². The lowest BCUT2D eigenvalue weighted by molar-refractivity contribution is -0.647. The van der Waals surface area contributed by atoms with E-state index in [-0.39, 0.29) is 12.1 Å². The monoisotopic (exact) mass is 312 g/mol. The van der Waals surface area contributed by atoms with E-state index in [1.165, 1.54) is 19.3 Å². The molecule has 0 aromatic rings. The summed E-state index contributed by atoms with van der Waals surface area (Å²) >= 11 is 0. The topological polar surface area (TPSA) is 52.1 Å². The van der Waals surface area contributed by atoms with Crippen molar-refractivity contribution < 1.29 is 19.6 Å². The highest BCUT2D eigenvalue weighted by Gasteiger charge is 2.61. The Morgan fingerprint density at radius 3 is 2.64 bits per heavy atom. The van der Waals surface area contributed by atoms with Gasteiger partial charge in [-0.05, 0) is 49.4 Å². The van der Waals surface area contributed by atoms with E-state index in [4.69, 9.17) is 9.47 Å². The predicted octanol–water partition coefficient (Wildman–Crippen LogP) is 2.12. The number of quaternary nitrogens is 1. The third-order valence-electron chi connectivity index (χ3n) is 6.57. The van der Waals surface area contributed by atoms with Gasteiger partial charge in [-0.15, -0.1) is 0 Å². The van der Waals surface area contributed by atoms with Gasteiger partial charge in [-0.1, -0.05) is 27.7 Å². The van der Waals surface area contributed by atoms with E-state index in [0.717, 1.165) is 25.5 Å². The van der Waals surface area contributed by atoms with Gasteiger partial charge in [0.05, 0.1) is 25.4 Å². The molecule has 0 aromatic carbocycles. The second-order valence-corrected chi connectivity index (χ2v) is 7.96. The number of fused-ring (bicyclic) bond motifs is 2. The summed E-state index contributed by atoms with van der Waals surface area (Å²) in [6.07, 6.45) is 5.14. The highest BCUT2D eigenvalue weighted by atomic mass is 16.5. The smallest absolute Gasteiger partial charge is 0.361 e. The average Bonchev–Trinajstić information content (AvgIpc) is 2.79. The standard InChI is InChI=1S/C18H33NO3/c1-6-13(2)22-16(20)12-19-9-10-21-15-11-14-7-8-18(15,5)17(14,3)4/h13-15,19H,6-12H2,1-5H3/p+1. The maximum atomic E-state index is 11.6. The first-order valence-corrected chi connectivity index (χ1v) is 8.94. The molecular formula is C18H34NO3+. The summed E-state index contributed by atoms with van der Waals surface area (Å²) in [7, 11) is 0. The Morgan fingerprint density at radius 1 is 1.36 bits per heavy atom. The third-order valence-corrected chi connectivity index (χ3v) is 6.57. The van der Waals surface area contributed by atoms with Crippen molar-refractivity contribution in [3.63, 3.8) is 0 Å². The van der Waals surface area contributed by atoms with Crippen molar-refractivity contribution in [2.24, 2.45) is 16.7 Å². The molecule has 0 radical (unpaired) electrons. The van der Waals surface area contributed by atoms with Crippen molar-refractivity contribution in [2.75, 3.05) is 19.7 Å². The summed E-state index contributed by atoms with van der Waals surface area (Å²) in [5.41, 5.74) is 0.731. The van der Waals surface area contributed by atoms with Crippen LogP contribution in [0.3, 0.4) is 0 Å². The van der Waals surface area contributed by atoms with Gasteiger partial charge in [0, 0.05) is 0 Å². The second-order valence-electron chi connectivity index (χ2n) is 7.96. The average molecular weight is 312 g/mol. The molecule has 0 saturated heterocycles. The lowest BCUT2D eigenvalue weighted by atomic mass is 9.70. The van der Waals surface area contributed by atoms with Gasteiger partial charge in [0.25, 0.3) is 0 Å². The van der Waals surface area contributed by atoms with Gasteiger partial charge in [0.2, 0.25) is 0 Å². The van der Waals surface area contributed by atoms with Crippen LogP contribution in [0.1, 0.15) is 60.3 Å². The number of rotatable bonds is 8. The van der Waals surface area contributed by atoms with Crippen LogP contribution in [0.15, 0.2) is 0 Å². The number of esters is 1. The normalized spacial score (nSPS) is 33.9. The van der Waals surface area contributed by atoms with Crippen molar-refractivity contribution in [2.45, 2.75) is 72.5 Å². The fourth-order valence-corrected chi connectivity index (χ4v) is 4.25. The van der Waals surface area contributed by atoms with E-state index < -0.39 is 0 Å². The number of carbonyl (C=O) groups excluding carboxylic acids is 1. The summed E-state index contributed by atoms with van der Waals surface area (Å²) in [6.45, 7) is 13.1. The van der Waals surface area contributed by atoms with Gasteiger partial charge in [-0.2, -0.15) is 0 Å². The summed E-state index contributed by atoms with van der Waals surface area (Å²) in [4.78, 5) is 11.6. The first-order valence-electron chi connectivity index (χ1n) is 8.94. The van der Waals surface area contributed by atoms with Crippen LogP contribution in [0.5, 0.6) is 0 Å². The molecule has 2 fully saturated rings. The molecule has 0 aromatic heterocycles. The van der Waals surface area contributed by atoms with Crippen LogP contribution in [-0.4, -0.2) is 37.9 Å². The maximum Gasteiger partial charge on any atom is 0.361 e. The molecule has 4 atom stereocenters. The molecule has 0 heterocycles. The van der Waals surface area contributed by atoms with Crippen LogP contribution in [0.2, 0.25) is 0 Å². The Labute approximate surface area is 135 Å². The number of carbonyl (C=O) groups is 1. The molecule has 4 unspecified atom stereocenters. The molecule has 0 amide bonds. The molecule has 22 heavy (non-hydrogen) atoms. The molecule has 2 aliphatic rings. The van der Waals surface area contributed by atoms with Gasteiger partial charge in [-0.3, -0.25) is 0 Å². The lowest BCUT2D eigenvalue weighted by Crippen LogP contribution is -2.87. The van der Waals surface area contributed by atoms with Gasteiger partial charge >= 0.3 is 5.97 Å². The van der Waals surface area contributed by atoms with Gasteiger partial charge in [0.1, 0.15) is 0 Å². The third kappa shape index (κ3) is 3.33. The minimum atomic E-state index is -0.123. The fourth-order valence-electron chi connectivity index (χ4n) is 4.25. The van der Waals surface area contributed by atoms with Crippen LogP contribution >= 0.6 is 0 Å². The van der Waals surface area contributed by atoms with Crippen molar-refractivity contribution >= 4 is 5.97 Å². The molecule has 4 nitrogen and oxygen atoms in total. The van der Waals surface area contributed by atoms with Crippen LogP contribution in [0, 0.1) is 16.7 Å². The zero-order valence-corrected chi connectivity index (χ0v) is 15.0. The Bertz CT molecular complexity index is 396. The maximum absolute atomic E-state index is 11.6. The van der Waals surface area contributed by atoms with Gasteiger partial charge in [-0.25, -0.2) is 4.79 Å². The van der Waals surface area contributed by atoms with Crippen LogP contribution in [0.4, 0.5) is 0 Å². The quantitative estimate of drug-likeness (QED) is 0.552. The first kappa shape index (κ1) is 17.7. The molecule has 2 saturated carbocycles. The van der Waals surface area contributed by atoms with E-state index in [1.807, 2.05) is 19.2 Å². The predicted molar refractivity (Wildman–Crippen MR) is 86.5 cm³/mol.